The van der Waals surface area contributed by atoms with Gasteiger partial charge in [0.15, 0.2) is 0 Å². The minimum atomic E-state index is -0.177. The van der Waals surface area contributed by atoms with Crippen molar-refractivity contribution in [3.05, 3.63) is 59.9 Å². The van der Waals surface area contributed by atoms with Crippen LogP contribution in [0.25, 0.3) is 0 Å². The van der Waals surface area contributed by atoms with Gasteiger partial charge < -0.3 is 10.2 Å². The number of anilines is 2. The fourth-order valence-electron chi connectivity index (χ4n) is 2.84. The second-order valence-corrected chi connectivity index (χ2v) is 5.22. The van der Waals surface area contributed by atoms with Crippen LogP contribution in [0.4, 0.5) is 15.8 Å². The van der Waals surface area contributed by atoms with Crippen LogP contribution in [-0.4, -0.2) is 19.1 Å². The molecule has 0 fully saturated rings. The predicted molar refractivity (Wildman–Crippen MR) is 81.8 cm³/mol. The highest BCUT2D eigenvalue weighted by Crippen LogP contribution is 2.26. The van der Waals surface area contributed by atoms with Crippen molar-refractivity contribution in [2.24, 2.45) is 0 Å². The van der Waals surface area contributed by atoms with Crippen molar-refractivity contribution in [1.29, 1.82) is 0 Å². The molecule has 0 spiro atoms. The first-order valence-corrected chi connectivity index (χ1v) is 7.11. The lowest BCUT2D eigenvalue weighted by atomic mass is 10.1. The highest BCUT2D eigenvalue weighted by molar-refractivity contribution is 5.57. The summed E-state index contributed by atoms with van der Waals surface area (Å²) in [4.78, 5) is 2.21. The van der Waals surface area contributed by atoms with E-state index in [2.05, 4.69) is 41.4 Å². The minimum absolute atomic E-state index is 0.177. The maximum atomic E-state index is 13.4. The Morgan fingerprint density at radius 2 is 2.05 bits per heavy atom. The van der Waals surface area contributed by atoms with Crippen molar-refractivity contribution in [1.82, 2.24) is 0 Å². The molecule has 0 aliphatic carbocycles. The van der Waals surface area contributed by atoms with Crippen LogP contribution in [0.3, 0.4) is 0 Å². The molecule has 2 aromatic rings. The summed E-state index contributed by atoms with van der Waals surface area (Å²) in [5, 5.41) is 3.55. The molecular formula is C17H19FN2. The molecule has 1 aliphatic heterocycles. The Kier molecular flexibility index (Phi) is 3.59. The summed E-state index contributed by atoms with van der Waals surface area (Å²) in [6.07, 6.45) is 1.03. The molecule has 2 nitrogen and oxygen atoms in total. The Bertz CT molecular complexity index is 572. The quantitative estimate of drug-likeness (QED) is 0.911. The van der Waals surface area contributed by atoms with Gasteiger partial charge in [-0.25, -0.2) is 4.39 Å². The summed E-state index contributed by atoms with van der Waals surface area (Å²) in [6.45, 7) is 3.86. The van der Waals surface area contributed by atoms with Gasteiger partial charge in [0.05, 0.1) is 0 Å². The Balaban J connectivity index is 1.71. The van der Waals surface area contributed by atoms with Gasteiger partial charge >= 0.3 is 0 Å². The molecule has 1 atom stereocenters. The summed E-state index contributed by atoms with van der Waals surface area (Å²) in [7, 11) is 0. The van der Waals surface area contributed by atoms with E-state index >= 15 is 0 Å². The van der Waals surface area contributed by atoms with E-state index in [1.807, 2.05) is 6.07 Å². The van der Waals surface area contributed by atoms with Crippen LogP contribution in [0.5, 0.6) is 0 Å². The van der Waals surface area contributed by atoms with Crippen LogP contribution in [0.15, 0.2) is 48.5 Å². The molecule has 0 radical (unpaired) electrons. The van der Waals surface area contributed by atoms with Gasteiger partial charge in [-0.3, -0.25) is 0 Å². The van der Waals surface area contributed by atoms with E-state index in [-0.39, 0.29) is 5.82 Å². The molecule has 1 aliphatic rings. The van der Waals surface area contributed by atoms with Crippen LogP contribution >= 0.6 is 0 Å². The third kappa shape index (κ3) is 2.62. The van der Waals surface area contributed by atoms with E-state index in [1.54, 1.807) is 12.1 Å². The Labute approximate surface area is 119 Å². The van der Waals surface area contributed by atoms with Crippen molar-refractivity contribution in [3.63, 3.8) is 0 Å². The average Bonchev–Trinajstić information content (AvgIpc) is 2.87. The van der Waals surface area contributed by atoms with Crippen molar-refractivity contribution < 1.29 is 4.39 Å². The van der Waals surface area contributed by atoms with Gasteiger partial charge in [-0.2, -0.15) is 0 Å². The molecule has 3 rings (SSSR count). The monoisotopic (exact) mass is 270 g/mol. The van der Waals surface area contributed by atoms with Gasteiger partial charge in [-0.15, -0.1) is 0 Å². The molecule has 0 aromatic heterocycles. The molecule has 2 aromatic carbocycles. The fourth-order valence-corrected chi connectivity index (χ4v) is 2.84. The number of para-hydroxylation sites is 1. The zero-order chi connectivity index (χ0) is 13.9. The maximum absolute atomic E-state index is 13.4. The first-order valence-electron chi connectivity index (χ1n) is 7.11. The molecule has 1 N–H and O–H groups in total. The molecule has 0 saturated carbocycles. The molecular weight excluding hydrogens is 251 g/mol. The van der Waals surface area contributed by atoms with Crippen LogP contribution < -0.4 is 10.2 Å². The van der Waals surface area contributed by atoms with Crippen molar-refractivity contribution in [3.8, 4) is 0 Å². The molecule has 104 valence electrons. The Hall–Kier alpha value is -2.03. The maximum Gasteiger partial charge on any atom is 0.125 e. The lowest BCUT2D eigenvalue weighted by molar-refractivity contribution is 0.625. The number of benzene rings is 2. The number of rotatable bonds is 4. The zero-order valence-corrected chi connectivity index (χ0v) is 11.6. The largest absolute Gasteiger partial charge is 0.380 e. The number of fused-ring (bicyclic) bond motifs is 1. The van der Waals surface area contributed by atoms with Gasteiger partial charge in [0.1, 0.15) is 5.82 Å². The van der Waals surface area contributed by atoms with Crippen LogP contribution in [0.1, 0.15) is 12.5 Å². The van der Waals surface area contributed by atoms with E-state index in [4.69, 9.17) is 0 Å². The standard InChI is InChI=1S/C17H19FN2/c1-2-20(16-8-5-7-14(18)11-16)12-15-10-13-6-3-4-9-17(13)19-15/h3-9,11,15,19H,2,10,12H2,1H3. The van der Waals surface area contributed by atoms with Gasteiger partial charge in [0, 0.05) is 30.5 Å². The molecule has 3 heteroatoms. The summed E-state index contributed by atoms with van der Waals surface area (Å²) >= 11 is 0. The molecule has 0 amide bonds. The first kappa shape index (κ1) is 13.0. The van der Waals surface area contributed by atoms with E-state index in [1.165, 1.54) is 17.3 Å². The Morgan fingerprint density at radius 3 is 2.80 bits per heavy atom. The van der Waals surface area contributed by atoms with E-state index in [0.29, 0.717) is 6.04 Å². The SMILES string of the molecule is CCN(CC1Cc2ccccc2N1)c1cccc(F)c1. The molecule has 0 saturated heterocycles. The van der Waals surface area contributed by atoms with Crippen molar-refractivity contribution in [2.45, 2.75) is 19.4 Å². The second-order valence-electron chi connectivity index (χ2n) is 5.22. The summed E-state index contributed by atoms with van der Waals surface area (Å²) in [6, 6.07) is 15.6. The average molecular weight is 270 g/mol. The number of nitrogens with one attached hydrogen (secondary N) is 1. The highest BCUT2D eigenvalue weighted by Gasteiger charge is 2.22. The van der Waals surface area contributed by atoms with Gasteiger partial charge in [0.2, 0.25) is 0 Å². The first-order chi connectivity index (χ1) is 9.76. The predicted octanol–water partition coefficient (Wildman–Crippen LogP) is 3.69. The van der Waals surface area contributed by atoms with Gasteiger partial charge in [-0.05, 0) is 43.2 Å². The van der Waals surface area contributed by atoms with Crippen LogP contribution in [-0.2, 0) is 6.42 Å². The number of likely N-dealkylation sites (N-methyl/N-ethyl adjacent to an activating group) is 1. The summed E-state index contributed by atoms with van der Waals surface area (Å²) in [5.74, 6) is -0.177. The Morgan fingerprint density at radius 1 is 1.20 bits per heavy atom. The van der Waals surface area contributed by atoms with Crippen LogP contribution in [0.2, 0.25) is 0 Å². The normalized spacial score (nSPS) is 16.6. The molecule has 0 bridgehead atoms. The van der Waals surface area contributed by atoms with Crippen molar-refractivity contribution >= 4 is 11.4 Å². The van der Waals surface area contributed by atoms with Crippen molar-refractivity contribution in [2.75, 3.05) is 23.3 Å². The number of hydrogen-bond donors (Lipinski definition) is 1. The van der Waals surface area contributed by atoms with Gasteiger partial charge in [0.25, 0.3) is 0 Å². The number of hydrogen-bond acceptors (Lipinski definition) is 2. The second kappa shape index (κ2) is 5.53. The lowest BCUT2D eigenvalue weighted by Crippen LogP contribution is -2.35. The third-order valence-electron chi connectivity index (χ3n) is 3.84. The smallest absolute Gasteiger partial charge is 0.125 e. The fraction of sp³-hybridized carbons (Fsp3) is 0.294. The number of halogens is 1. The topological polar surface area (TPSA) is 15.3 Å². The highest BCUT2D eigenvalue weighted by atomic mass is 19.1. The zero-order valence-electron chi connectivity index (χ0n) is 11.6. The molecule has 1 heterocycles. The minimum Gasteiger partial charge on any atom is -0.380 e. The van der Waals surface area contributed by atoms with E-state index in [0.717, 1.165) is 25.2 Å². The summed E-state index contributed by atoms with van der Waals surface area (Å²) < 4.78 is 13.4. The van der Waals surface area contributed by atoms with Gasteiger partial charge in [-0.1, -0.05) is 24.3 Å². The molecule has 1 unspecified atom stereocenters. The lowest BCUT2D eigenvalue weighted by Gasteiger charge is -2.26. The number of nitrogens with zero attached hydrogens (tertiary/aromatic N) is 1. The third-order valence-corrected chi connectivity index (χ3v) is 3.84. The van der Waals surface area contributed by atoms with E-state index in [9.17, 15) is 4.39 Å². The van der Waals surface area contributed by atoms with Crippen LogP contribution in [0, 0.1) is 5.82 Å². The van der Waals surface area contributed by atoms with E-state index < -0.39 is 0 Å². The summed E-state index contributed by atoms with van der Waals surface area (Å²) in [5.41, 5.74) is 3.55. The molecule has 20 heavy (non-hydrogen) atoms.